The quantitative estimate of drug-likeness (QED) is 0.618. The van der Waals surface area contributed by atoms with Crippen molar-refractivity contribution in [3.63, 3.8) is 0 Å². The summed E-state index contributed by atoms with van der Waals surface area (Å²) in [5.74, 6) is 0. The number of rotatable bonds is 2. The molecular weight excluding hydrogens is 153 g/mol. The van der Waals surface area contributed by atoms with Crippen molar-refractivity contribution < 1.29 is 19.0 Å². The van der Waals surface area contributed by atoms with Crippen LogP contribution in [0, 0.1) is 0 Å². The number of hydrogen-bond donors (Lipinski definition) is 2. The molecule has 58 valence electrons. The minimum Gasteiger partial charge on any atom is -0.393 e. The minimum atomic E-state index is -2.88. The van der Waals surface area contributed by atoms with E-state index in [1.54, 1.807) is 0 Å². The largest absolute Gasteiger partial charge is 0.393 e. The van der Waals surface area contributed by atoms with E-state index in [-0.39, 0.29) is 12.4 Å². The fourth-order valence-corrected chi connectivity index (χ4v) is 0.0690. The second kappa shape index (κ2) is 3.98. The second-order valence-corrected chi connectivity index (χ2v) is 1.82. The molecule has 0 aliphatic rings. The van der Waals surface area contributed by atoms with Crippen LogP contribution in [0.3, 0.4) is 0 Å². The molecule has 0 saturated heterocycles. The molecule has 0 radical (unpaired) electrons. The SMILES string of the molecule is CC(O)(CO)C(F)F.Cl. The lowest BCUT2D eigenvalue weighted by atomic mass is 10.1. The number of hydrogen-bond acceptors (Lipinski definition) is 2. The highest BCUT2D eigenvalue weighted by atomic mass is 35.5. The Kier molecular flexibility index (Phi) is 5.22. The molecule has 0 aromatic carbocycles. The molecule has 0 amide bonds. The van der Waals surface area contributed by atoms with Crippen LogP contribution in [0.5, 0.6) is 0 Å². The Morgan fingerprint density at radius 1 is 1.56 bits per heavy atom. The van der Waals surface area contributed by atoms with Crippen LogP contribution in [0.1, 0.15) is 6.92 Å². The van der Waals surface area contributed by atoms with E-state index in [1.807, 2.05) is 0 Å². The number of alkyl halides is 2. The lowest BCUT2D eigenvalue weighted by Gasteiger charge is -2.17. The zero-order valence-corrected chi connectivity index (χ0v) is 5.66. The molecule has 0 rings (SSSR count). The molecule has 0 aliphatic carbocycles. The normalized spacial score (nSPS) is 16.7. The lowest BCUT2D eigenvalue weighted by Crippen LogP contribution is -2.37. The molecule has 1 atom stereocenters. The summed E-state index contributed by atoms with van der Waals surface area (Å²) in [5.41, 5.74) is -2.24. The first-order chi connectivity index (χ1) is 3.50. The Morgan fingerprint density at radius 2 is 1.89 bits per heavy atom. The number of aliphatic hydroxyl groups excluding tert-OH is 1. The molecule has 5 heteroatoms. The van der Waals surface area contributed by atoms with Gasteiger partial charge in [0.05, 0.1) is 6.61 Å². The Labute approximate surface area is 57.9 Å². The third-order valence-corrected chi connectivity index (χ3v) is 0.790. The summed E-state index contributed by atoms with van der Waals surface area (Å²) in [6, 6.07) is 0. The molecule has 0 aromatic heterocycles. The van der Waals surface area contributed by atoms with Crippen molar-refractivity contribution in [2.24, 2.45) is 0 Å². The van der Waals surface area contributed by atoms with Crippen molar-refractivity contribution >= 4 is 12.4 Å². The van der Waals surface area contributed by atoms with Crippen LogP contribution < -0.4 is 0 Å². The van der Waals surface area contributed by atoms with Crippen LogP contribution in [-0.4, -0.2) is 28.8 Å². The molecular formula is C4H9ClF2O2. The van der Waals surface area contributed by atoms with Gasteiger partial charge in [-0.15, -0.1) is 12.4 Å². The van der Waals surface area contributed by atoms with Gasteiger partial charge in [-0.25, -0.2) is 8.78 Å². The van der Waals surface area contributed by atoms with Crippen molar-refractivity contribution in [1.29, 1.82) is 0 Å². The zero-order chi connectivity index (χ0) is 6.78. The Morgan fingerprint density at radius 3 is 1.89 bits per heavy atom. The molecule has 9 heavy (non-hydrogen) atoms. The van der Waals surface area contributed by atoms with Gasteiger partial charge in [-0.1, -0.05) is 0 Å². The third kappa shape index (κ3) is 3.61. The molecule has 0 spiro atoms. The maximum Gasteiger partial charge on any atom is 0.268 e. The van der Waals surface area contributed by atoms with Crippen LogP contribution in [0.15, 0.2) is 0 Å². The van der Waals surface area contributed by atoms with E-state index >= 15 is 0 Å². The number of halogens is 3. The molecule has 0 heterocycles. The van der Waals surface area contributed by atoms with Crippen LogP contribution in [0.25, 0.3) is 0 Å². The average molecular weight is 163 g/mol. The molecule has 0 aromatic rings. The molecule has 0 saturated carbocycles. The predicted molar refractivity (Wildman–Crippen MR) is 31.0 cm³/mol. The standard InChI is InChI=1S/C4H8F2O2.ClH/c1-4(8,2-7)3(5)6;/h3,7-8H,2H2,1H3;1H. The van der Waals surface area contributed by atoms with Gasteiger partial charge in [0.2, 0.25) is 0 Å². The Balaban J connectivity index is 0. The highest BCUT2D eigenvalue weighted by Crippen LogP contribution is 2.12. The summed E-state index contributed by atoms with van der Waals surface area (Å²) in [5, 5.41) is 16.4. The van der Waals surface area contributed by atoms with Crippen molar-refractivity contribution in [2.45, 2.75) is 19.0 Å². The van der Waals surface area contributed by atoms with Crippen LogP contribution in [-0.2, 0) is 0 Å². The Hall–Kier alpha value is 0.0700. The number of aliphatic hydroxyl groups is 2. The summed E-state index contributed by atoms with van der Waals surface area (Å²) < 4.78 is 22.8. The molecule has 1 unspecified atom stereocenters. The fourth-order valence-electron chi connectivity index (χ4n) is 0.0690. The zero-order valence-electron chi connectivity index (χ0n) is 4.84. The summed E-state index contributed by atoms with van der Waals surface area (Å²) >= 11 is 0. The average Bonchev–Trinajstić information content (AvgIpc) is 1.67. The van der Waals surface area contributed by atoms with E-state index in [4.69, 9.17) is 10.2 Å². The molecule has 2 nitrogen and oxygen atoms in total. The van der Waals surface area contributed by atoms with E-state index in [0.717, 1.165) is 6.92 Å². The van der Waals surface area contributed by atoms with Gasteiger partial charge < -0.3 is 10.2 Å². The maximum absolute atomic E-state index is 11.4. The first-order valence-corrected chi connectivity index (χ1v) is 2.12. The molecule has 2 N–H and O–H groups in total. The van der Waals surface area contributed by atoms with Gasteiger partial charge in [0.1, 0.15) is 5.60 Å². The van der Waals surface area contributed by atoms with Gasteiger partial charge in [-0.2, -0.15) is 0 Å². The van der Waals surface area contributed by atoms with Crippen molar-refractivity contribution in [3.05, 3.63) is 0 Å². The topological polar surface area (TPSA) is 40.5 Å². The van der Waals surface area contributed by atoms with Gasteiger partial charge in [0, 0.05) is 0 Å². The van der Waals surface area contributed by atoms with Gasteiger partial charge in [0.15, 0.2) is 0 Å². The van der Waals surface area contributed by atoms with Crippen LogP contribution >= 0.6 is 12.4 Å². The van der Waals surface area contributed by atoms with E-state index in [9.17, 15) is 8.78 Å². The monoisotopic (exact) mass is 162 g/mol. The van der Waals surface area contributed by atoms with E-state index in [0.29, 0.717) is 0 Å². The van der Waals surface area contributed by atoms with Gasteiger partial charge in [-0.05, 0) is 6.92 Å². The molecule has 0 bridgehead atoms. The fraction of sp³-hybridized carbons (Fsp3) is 1.00. The highest BCUT2D eigenvalue weighted by molar-refractivity contribution is 5.85. The Bertz CT molecular complexity index is 77.0. The summed E-state index contributed by atoms with van der Waals surface area (Å²) in [6.07, 6.45) is -2.88. The van der Waals surface area contributed by atoms with Gasteiger partial charge in [0.25, 0.3) is 6.43 Å². The summed E-state index contributed by atoms with van der Waals surface area (Å²) in [6.45, 7) is -0.0394. The first kappa shape index (κ1) is 11.8. The van der Waals surface area contributed by atoms with Crippen molar-refractivity contribution in [3.8, 4) is 0 Å². The lowest BCUT2D eigenvalue weighted by molar-refractivity contribution is -0.110. The first-order valence-electron chi connectivity index (χ1n) is 2.12. The van der Waals surface area contributed by atoms with E-state index in [2.05, 4.69) is 0 Å². The minimum absolute atomic E-state index is 0. The maximum atomic E-state index is 11.4. The van der Waals surface area contributed by atoms with Gasteiger partial charge in [-0.3, -0.25) is 0 Å². The summed E-state index contributed by atoms with van der Waals surface area (Å²) in [4.78, 5) is 0. The van der Waals surface area contributed by atoms with Crippen molar-refractivity contribution in [1.82, 2.24) is 0 Å². The smallest absolute Gasteiger partial charge is 0.268 e. The molecule has 0 fully saturated rings. The third-order valence-electron chi connectivity index (χ3n) is 0.790. The predicted octanol–water partition coefficient (Wildman–Crippen LogP) is 0.417. The summed E-state index contributed by atoms with van der Waals surface area (Å²) in [7, 11) is 0. The highest BCUT2D eigenvalue weighted by Gasteiger charge is 2.30. The van der Waals surface area contributed by atoms with Crippen LogP contribution in [0.2, 0.25) is 0 Å². The molecule has 0 aliphatic heterocycles. The van der Waals surface area contributed by atoms with Crippen molar-refractivity contribution in [2.75, 3.05) is 6.61 Å². The van der Waals surface area contributed by atoms with E-state index < -0.39 is 18.6 Å². The second-order valence-electron chi connectivity index (χ2n) is 1.82. The van der Waals surface area contributed by atoms with E-state index in [1.165, 1.54) is 0 Å². The van der Waals surface area contributed by atoms with Gasteiger partial charge >= 0.3 is 0 Å². The van der Waals surface area contributed by atoms with Crippen LogP contribution in [0.4, 0.5) is 8.78 Å².